The van der Waals surface area contributed by atoms with Crippen molar-refractivity contribution in [1.82, 2.24) is 15.0 Å². The maximum absolute atomic E-state index is 15.2. The molecule has 1 amide bonds. The maximum Gasteiger partial charge on any atom is 0.261 e. The van der Waals surface area contributed by atoms with Crippen molar-refractivity contribution in [3.05, 3.63) is 102 Å². The molecule has 3 heterocycles. The molecule has 0 fully saturated rings. The molecule has 0 atom stereocenters. The molecule has 0 unspecified atom stereocenters. The Morgan fingerprint density at radius 1 is 0.976 bits per heavy atom. The normalized spacial score (nSPS) is 10.9. The smallest absolute Gasteiger partial charge is 0.261 e. The van der Waals surface area contributed by atoms with Crippen molar-refractivity contribution in [2.24, 2.45) is 0 Å². The number of carbonyl (C=O) groups is 1. The largest absolute Gasteiger partial charge is 0.506 e. The number of aromatic nitrogens is 3. The van der Waals surface area contributed by atoms with Gasteiger partial charge in [-0.25, -0.2) is 13.8 Å². The highest BCUT2D eigenvalue weighted by molar-refractivity contribution is 6.08. The molecular formula is C32H26F2N4O4. The van der Waals surface area contributed by atoms with Crippen LogP contribution in [0.5, 0.6) is 23.1 Å². The molecule has 212 valence electrons. The summed E-state index contributed by atoms with van der Waals surface area (Å²) in [4.78, 5) is 26.4. The number of halogens is 2. The van der Waals surface area contributed by atoms with Gasteiger partial charge in [0.2, 0.25) is 5.88 Å². The first-order valence-electron chi connectivity index (χ1n) is 12.8. The fourth-order valence-electron chi connectivity index (χ4n) is 4.61. The number of hydrogen-bond acceptors (Lipinski definition) is 7. The van der Waals surface area contributed by atoms with Crippen molar-refractivity contribution in [2.75, 3.05) is 12.4 Å². The predicted octanol–water partition coefficient (Wildman–Crippen LogP) is 7.38. The van der Waals surface area contributed by atoms with E-state index in [0.717, 1.165) is 11.6 Å². The summed E-state index contributed by atoms with van der Waals surface area (Å²) in [6.07, 6.45) is 1.52. The summed E-state index contributed by atoms with van der Waals surface area (Å²) in [7, 11) is 1.49. The summed E-state index contributed by atoms with van der Waals surface area (Å²) in [5, 5.41) is 13.6. The second kappa shape index (κ2) is 11.2. The Balaban J connectivity index is 1.42. The number of aryl methyl sites for hydroxylation is 2. The molecule has 10 heteroatoms. The zero-order valence-electron chi connectivity index (χ0n) is 23.3. The number of carbonyl (C=O) groups excluding carboxylic acids is 1. The molecule has 0 aliphatic heterocycles. The van der Waals surface area contributed by atoms with Gasteiger partial charge in [-0.05, 0) is 62.2 Å². The van der Waals surface area contributed by atoms with E-state index in [9.17, 15) is 14.3 Å². The van der Waals surface area contributed by atoms with E-state index in [1.807, 2.05) is 6.92 Å². The van der Waals surface area contributed by atoms with E-state index in [0.29, 0.717) is 39.3 Å². The molecule has 5 rings (SSSR count). The number of methoxy groups -OCH3 is 1. The van der Waals surface area contributed by atoms with Crippen LogP contribution in [0.4, 0.5) is 14.5 Å². The lowest BCUT2D eigenvalue weighted by molar-refractivity contribution is 0.102. The minimum Gasteiger partial charge on any atom is -0.506 e. The molecular weight excluding hydrogens is 542 g/mol. The number of hydrogen-bond donors (Lipinski definition) is 2. The summed E-state index contributed by atoms with van der Waals surface area (Å²) in [5.41, 5.74) is 3.88. The molecule has 0 aliphatic rings. The number of benzene rings is 2. The van der Waals surface area contributed by atoms with Gasteiger partial charge in [0.1, 0.15) is 22.6 Å². The highest BCUT2D eigenvalue weighted by Crippen LogP contribution is 2.37. The van der Waals surface area contributed by atoms with Gasteiger partial charge >= 0.3 is 0 Å². The average molecular weight is 569 g/mol. The van der Waals surface area contributed by atoms with Crippen LogP contribution in [-0.4, -0.2) is 33.1 Å². The fourth-order valence-corrected chi connectivity index (χ4v) is 4.61. The second-order valence-corrected chi connectivity index (χ2v) is 9.59. The average Bonchev–Trinajstić information content (AvgIpc) is 2.94. The predicted molar refractivity (Wildman–Crippen MR) is 156 cm³/mol. The van der Waals surface area contributed by atoms with E-state index in [-0.39, 0.29) is 34.2 Å². The molecule has 42 heavy (non-hydrogen) atoms. The molecule has 3 aromatic heterocycles. The Bertz CT molecular complexity index is 1870. The number of nitrogens with one attached hydrogen (secondary N) is 1. The van der Waals surface area contributed by atoms with Crippen molar-refractivity contribution in [3.8, 4) is 34.3 Å². The number of aromatic hydroxyl groups is 1. The summed E-state index contributed by atoms with van der Waals surface area (Å²) < 4.78 is 39.9. The molecule has 0 radical (unpaired) electrons. The lowest BCUT2D eigenvalue weighted by Gasteiger charge is -2.16. The van der Waals surface area contributed by atoms with Crippen LogP contribution in [0.25, 0.3) is 27.7 Å². The van der Waals surface area contributed by atoms with Crippen LogP contribution < -0.4 is 14.8 Å². The van der Waals surface area contributed by atoms with Crippen LogP contribution in [-0.2, 0) is 0 Å². The quantitative estimate of drug-likeness (QED) is 0.211. The first-order chi connectivity index (χ1) is 20.1. The number of ether oxygens (including phenoxy) is 2. The van der Waals surface area contributed by atoms with Crippen LogP contribution in [0.1, 0.15) is 34.2 Å². The first kappa shape index (κ1) is 28.2. The monoisotopic (exact) mass is 568 g/mol. The molecule has 5 aromatic rings. The summed E-state index contributed by atoms with van der Waals surface area (Å²) in [5.74, 6) is -1.73. The zero-order valence-corrected chi connectivity index (χ0v) is 23.3. The van der Waals surface area contributed by atoms with Crippen molar-refractivity contribution >= 4 is 28.2 Å². The number of fused-ring (bicyclic) bond motifs is 1. The zero-order chi connectivity index (χ0) is 30.1. The standard InChI is InChI=1S/C32H26F2N4O4/c1-16(2)22-15-24-29(38-32(22)41-5)26(12-13-35-24)42-25-11-10-21(14-23(25)34)37-31(40)28-18(4)36-17(3)27(30(28)39)19-6-8-20(33)9-7-19/h6-15H,1H2,2-5H3,(H,36,39)(H,37,40). The summed E-state index contributed by atoms with van der Waals surface area (Å²) in [6, 6.07) is 12.7. The van der Waals surface area contributed by atoms with Crippen LogP contribution >= 0.6 is 0 Å². The Labute approximate surface area is 240 Å². The van der Waals surface area contributed by atoms with E-state index in [2.05, 4.69) is 26.8 Å². The number of amides is 1. The Hall–Kier alpha value is -5.38. The minimum atomic E-state index is -0.752. The van der Waals surface area contributed by atoms with Gasteiger partial charge in [-0.2, -0.15) is 0 Å². The highest BCUT2D eigenvalue weighted by Gasteiger charge is 2.23. The van der Waals surface area contributed by atoms with Crippen molar-refractivity contribution in [3.63, 3.8) is 0 Å². The Kier molecular flexibility index (Phi) is 7.54. The maximum atomic E-state index is 15.2. The summed E-state index contributed by atoms with van der Waals surface area (Å²) in [6.45, 7) is 9.02. The molecule has 0 aliphatic carbocycles. The number of rotatable bonds is 7. The van der Waals surface area contributed by atoms with E-state index < -0.39 is 17.5 Å². The minimum absolute atomic E-state index is 0.0851. The van der Waals surface area contributed by atoms with Gasteiger partial charge in [-0.3, -0.25) is 14.8 Å². The lowest BCUT2D eigenvalue weighted by Crippen LogP contribution is -2.15. The van der Waals surface area contributed by atoms with Crippen molar-refractivity contribution in [2.45, 2.75) is 20.8 Å². The topological polar surface area (TPSA) is 106 Å². The van der Waals surface area contributed by atoms with Crippen molar-refractivity contribution in [1.29, 1.82) is 0 Å². The van der Waals surface area contributed by atoms with Crippen LogP contribution in [0.15, 0.2) is 67.4 Å². The third-order valence-electron chi connectivity index (χ3n) is 6.60. The highest BCUT2D eigenvalue weighted by atomic mass is 19.1. The molecule has 8 nitrogen and oxygen atoms in total. The number of anilines is 1. The molecule has 0 saturated heterocycles. The number of nitrogens with zero attached hydrogens (tertiary/aromatic N) is 3. The van der Waals surface area contributed by atoms with Crippen LogP contribution in [0, 0.1) is 25.5 Å². The summed E-state index contributed by atoms with van der Waals surface area (Å²) >= 11 is 0. The fraction of sp³-hybridized carbons (Fsp3) is 0.125. The third kappa shape index (κ3) is 5.34. The van der Waals surface area contributed by atoms with Gasteiger partial charge in [0.25, 0.3) is 5.91 Å². The van der Waals surface area contributed by atoms with Crippen LogP contribution in [0.2, 0.25) is 0 Å². The van der Waals surface area contributed by atoms with Gasteiger partial charge < -0.3 is 19.9 Å². The van der Waals surface area contributed by atoms with Gasteiger partial charge in [0, 0.05) is 40.8 Å². The van der Waals surface area contributed by atoms with Crippen LogP contribution in [0.3, 0.4) is 0 Å². The van der Waals surface area contributed by atoms with Gasteiger partial charge in [-0.1, -0.05) is 18.7 Å². The second-order valence-electron chi connectivity index (χ2n) is 9.59. The molecule has 2 N–H and O–H groups in total. The van der Waals surface area contributed by atoms with Gasteiger partial charge in [-0.15, -0.1) is 0 Å². The Morgan fingerprint density at radius 3 is 2.38 bits per heavy atom. The SMILES string of the molecule is C=C(C)c1cc2nccc(Oc3ccc(NC(=O)c4c(C)nc(C)c(-c5ccc(F)cc5)c4O)cc3F)c2nc1OC. The molecule has 2 aromatic carbocycles. The molecule has 0 spiro atoms. The first-order valence-corrected chi connectivity index (χ1v) is 12.8. The van der Waals surface area contributed by atoms with Gasteiger partial charge in [0.15, 0.2) is 17.3 Å². The number of allylic oxidation sites excluding steroid dienone is 1. The van der Waals surface area contributed by atoms with E-state index in [1.165, 1.54) is 49.7 Å². The van der Waals surface area contributed by atoms with E-state index in [4.69, 9.17) is 9.47 Å². The molecule has 0 bridgehead atoms. The van der Waals surface area contributed by atoms with E-state index in [1.54, 1.807) is 26.0 Å². The van der Waals surface area contributed by atoms with Crippen molar-refractivity contribution < 1.29 is 28.2 Å². The molecule has 0 saturated carbocycles. The number of pyridine rings is 3. The lowest BCUT2D eigenvalue weighted by atomic mass is 9.98. The van der Waals surface area contributed by atoms with Gasteiger partial charge in [0.05, 0.1) is 18.3 Å². The Morgan fingerprint density at radius 2 is 1.71 bits per heavy atom. The van der Waals surface area contributed by atoms with E-state index >= 15 is 4.39 Å². The third-order valence-corrected chi connectivity index (χ3v) is 6.60.